The third-order valence-corrected chi connectivity index (χ3v) is 3.58. The number of nitrogens with two attached hydrogens (primary N) is 2. The van der Waals surface area contributed by atoms with Crippen LogP contribution in [0.5, 0.6) is 0 Å². The Balaban J connectivity index is 5.01. The van der Waals surface area contributed by atoms with Gasteiger partial charge in [-0.2, -0.15) is 0 Å². The third kappa shape index (κ3) is 10.8. The maximum Gasteiger partial charge on any atom is 0.326 e. The Morgan fingerprint density at radius 1 is 0.815 bits per heavy atom. The van der Waals surface area contributed by atoms with E-state index in [9.17, 15) is 24.0 Å². The summed E-state index contributed by atoms with van der Waals surface area (Å²) >= 11 is 0. The van der Waals surface area contributed by atoms with Crippen LogP contribution in [0.15, 0.2) is 0 Å². The summed E-state index contributed by atoms with van der Waals surface area (Å²) in [5.74, 6) is -5.72. The number of nitrogens with one attached hydrogen (secondary N) is 2. The molecule has 3 atom stereocenters. The van der Waals surface area contributed by atoms with Crippen molar-refractivity contribution in [3.05, 3.63) is 0 Å². The molecule has 12 heteroatoms. The van der Waals surface area contributed by atoms with Gasteiger partial charge in [-0.3, -0.25) is 19.2 Å². The van der Waals surface area contributed by atoms with E-state index in [-0.39, 0.29) is 19.3 Å². The normalized spacial score (nSPS) is 13.9. The van der Waals surface area contributed by atoms with Gasteiger partial charge in [-0.1, -0.05) is 0 Å². The van der Waals surface area contributed by atoms with Crippen molar-refractivity contribution < 1.29 is 39.3 Å². The first-order chi connectivity index (χ1) is 12.6. The number of aliphatic carboxylic acids is 3. The quantitative estimate of drug-likeness (QED) is 0.159. The number of amides is 2. The number of hydrogen-bond donors (Lipinski definition) is 7. The number of rotatable bonds is 14. The first-order valence-electron chi connectivity index (χ1n) is 8.31. The molecule has 0 radical (unpaired) electrons. The van der Waals surface area contributed by atoms with Crippen LogP contribution in [0.3, 0.4) is 0 Å². The fourth-order valence-electron chi connectivity index (χ4n) is 2.10. The average Bonchev–Trinajstić information content (AvgIpc) is 2.57. The van der Waals surface area contributed by atoms with Gasteiger partial charge >= 0.3 is 17.9 Å². The van der Waals surface area contributed by atoms with Crippen LogP contribution in [-0.4, -0.2) is 69.7 Å². The molecule has 0 saturated carbocycles. The number of hydrogen-bond acceptors (Lipinski definition) is 7. The van der Waals surface area contributed by atoms with E-state index in [0.717, 1.165) is 0 Å². The highest BCUT2D eigenvalue weighted by atomic mass is 16.4. The molecular weight excluding hydrogens is 364 g/mol. The second-order valence-electron chi connectivity index (χ2n) is 5.88. The lowest BCUT2D eigenvalue weighted by molar-refractivity contribution is -0.147. The minimum atomic E-state index is -1.66. The smallest absolute Gasteiger partial charge is 0.326 e. The van der Waals surface area contributed by atoms with Crippen molar-refractivity contribution in [2.45, 2.75) is 56.7 Å². The molecule has 0 fully saturated rings. The zero-order valence-electron chi connectivity index (χ0n) is 14.7. The van der Waals surface area contributed by atoms with E-state index in [2.05, 4.69) is 10.6 Å². The Bertz CT molecular complexity index is 554. The maximum atomic E-state index is 12.3. The Kier molecular flexibility index (Phi) is 11.3. The summed E-state index contributed by atoms with van der Waals surface area (Å²) in [6.45, 7) is 0.344. The Morgan fingerprint density at radius 3 is 1.89 bits per heavy atom. The van der Waals surface area contributed by atoms with Crippen LogP contribution in [0.25, 0.3) is 0 Å². The van der Waals surface area contributed by atoms with Crippen molar-refractivity contribution in [2.75, 3.05) is 6.54 Å². The molecule has 0 rings (SSSR count). The maximum absolute atomic E-state index is 12.3. The lowest BCUT2D eigenvalue weighted by Gasteiger charge is -2.22. The molecule has 0 saturated heterocycles. The Hall–Kier alpha value is -2.73. The minimum Gasteiger partial charge on any atom is -0.481 e. The van der Waals surface area contributed by atoms with Gasteiger partial charge in [-0.15, -0.1) is 0 Å². The third-order valence-electron chi connectivity index (χ3n) is 3.58. The first-order valence-corrected chi connectivity index (χ1v) is 8.31. The molecule has 2 amide bonds. The highest BCUT2D eigenvalue weighted by molar-refractivity contribution is 5.92. The van der Waals surface area contributed by atoms with E-state index in [1.165, 1.54) is 0 Å². The lowest BCUT2D eigenvalue weighted by atomic mass is 10.1. The summed E-state index contributed by atoms with van der Waals surface area (Å²) in [5, 5.41) is 30.7. The summed E-state index contributed by atoms with van der Waals surface area (Å²) < 4.78 is 0. The van der Waals surface area contributed by atoms with Crippen LogP contribution in [0, 0.1) is 0 Å². The fourth-order valence-corrected chi connectivity index (χ4v) is 2.10. The molecule has 0 heterocycles. The summed E-state index contributed by atoms with van der Waals surface area (Å²) in [4.78, 5) is 56.7. The zero-order valence-corrected chi connectivity index (χ0v) is 14.7. The van der Waals surface area contributed by atoms with Gasteiger partial charge < -0.3 is 37.4 Å². The number of carboxylic acids is 3. The van der Waals surface area contributed by atoms with Gasteiger partial charge in [0.25, 0.3) is 0 Å². The molecule has 0 aromatic carbocycles. The summed E-state index contributed by atoms with van der Waals surface area (Å²) in [7, 11) is 0. The van der Waals surface area contributed by atoms with Gasteiger partial charge in [0, 0.05) is 6.42 Å². The fraction of sp³-hybridized carbons (Fsp3) is 0.667. The van der Waals surface area contributed by atoms with Crippen LogP contribution >= 0.6 is 0 Å². The van der Waals surface area contributed by atoms with E-state index in [4.69, 9.17) is 26.8 Å². The van der Waals surface area contributed by atoms with Crippen LogP contribution in [0.2, 0.25) is 0 Å². The van der Waals surface area contributed by atoms with Crippen molar-refractivity contribution in [1.82, 2.24) is 10.6 Å². The van der Waals surface area contributed by atoms with E-state index in [1.54, 1.807) is 0 Å². The average molecular weight is 390 g/mol. The van der Waals surface area contributed by atoms with Crippen molar-refractivity contribution in [2.24, 2.45) is 11.5 Å². The van der Waals surface area contributed by atoms with Crippen LogP contribution in [0.4, 0.5) is 0 Å². The van der Waals surface area contributed by atoms with Gasteiger partial charge in [-0.25, -0.2) is 4.79 Å². The highest BCUT2D eigenvalue weighted by Crippen LogP contribution is 2.04. The molecule has 0 aromatic rings. The molecule has 154 valence electrons. The number of carboxylic acid groups (broad SMARTS) is 3. The Morgan fingerprint density at radius 2 is 1.41 bits per heavy atom. The number of unbranched alkanes of at least 4 members (excludes halogenated alkanes) is 1. The Labute approximate surface area is 155 Å². The van der Waals surface area contributed by atoms with Crippen LogP contribution < -0.4 is 22.1 Å². The summed E-state index contributed by atoms with van der Waals surface area (Å²) in [6.07, 6.45) is -0.200. The van der Waals surface area contributed by atoms with Crippen molar-refractivity contribution in [3.63, 3.8) is 0 Å². The molecule has 0 spiro atoms. The van der Waals surface area contributed by atoms with E-state index in [0.29, 0.717) is 19.4 Å². The van der Waals surface area contributed by atoms with Crippen LogP contribution in [-0.2, 0) is 24.0 Å². The number of carbonyl (C=O) groups is 5. The van der Waals surface area contributed by atoms with E-state index >= 15 is 0 Å². The molecule has 0 aliphatic heterocycles. The lowest BCUT2D eigenvalue weighted by Crippen LogP contribution is -2.54. The predicted octanol–water partition coefficient (Wildman–Crippen LogP) is -2.16. The van der Waals surface area contributed by atoms with Gasteiger partial charge in [0.1, 0.15) is 12.1 Å². The first kappa shape index (κ1) is 24.3. The molecule has 0 bridgehead atoms. The molecule has 12 nitrogen and oxygen atoms in total. The summed E-state index contributed by atoms with van der Waals surface area (Å²) in [5.41, 5.74) is 11.0. The molecule has 0 unspecified atom stereocenters. The van der Waals surface area contributed by atoms with Crippen molar-refractivity contribution in [3.8, 4) is 0 Å². The van der Waals surface area contributed by atoms with Gasteiger partial charge in [0.05, 0.1) is 12.5 Å². The van der Waals surface area contributed by atoms with Gasteiger partial charge in [0.2, 0.25) is 11.8 Å². The van der Waals surface area contributed by atoms with Crippen LogP contribution in [0.1, 0.15) is 38.5 Å². The van der Waals surface area contributed by atoms with Crippen molar-refractivity contribution in [1.29, 1.82) is 0 Å². The summed E-state index contributed by atoms with van der Waals surface area (Å²) in [6, 6.07) is -3.99. The molecule has 27 heavy (non-hydrogen) atoms. The zero-order chi connectivity index (χ0) is 21.0. The SMILES string of the molecule is NCCCC[C@H](NC(=O)[C@@H](N)CCC(=O)O)C(=O)N[C@@H](CC(=O)O)C(=O)O. The molecular formula is C15H26N4O8. The molecule has 0 aromatic heterocycles. The van der Waals surface area contributed by atoms with E-state index < -0.39 is 54.3 Å². The van der Waals surface area contributed by atoms with Gasteiger partial charge in [-0.05, 0) is 32.2 Å². The largest absolute Gasteiger partial charge is 0.481 e. The standard InChI is InChI=1S/C15H26N4O8/c16-6-2-1-3-9(18-13(24)8(17)4-5-11(20)21)14(25)19-10(15(26)27)7-12(22)23/h8-10H,1-7,16-17H2,(H,18,24)(H,19,25)(H,20,21)(H,22,23)(H,26,27)/t8-,9-,10-/m0/s1. The second kappa shape index (κ2) is 12.6. The minimum absolute atomic E-state index is 0.125. The highest BCUT2D eigenvalue weighted by Gasteiger charge is 2.29. The number of carbonyl (C=O) groups excluding carboxylic acids is 2. The molecule has 0 aliphatic carbocycles. The monoisotopic (exact) mass is 390 g/mol. The topological polar surface area (TPSA) is 222 Å². The van der Waals surface area contributed by atoms with Gasteiger partial charge in [0.15, 0.2) is 0 Å². The predicted molar refractivity (Wildman–Crippen MR) is 91.5 cm³/mol. The van der Waals surface area contributed by atoms with E-state index in [1.807, 2.05) is 0 Å². The van der Waals surface area contributed by atoms with Crippen molar-refractivity contribution >= 4 is 29.7 Å². The molecule has 9 N–H and O–H groups in total. The second-order valence-corrected chi connectivity index (χ2v) is 5.88. The molecule has 0 aliphatic rings.